The molecule has 0 heterocycles. The molecule has 1 aromatic rings. The molecule has 3 N–H and O–H groups in total. The van der Waals surface area contributed by atoms with Crippen LogP contribution in [0.1, 0.15) is 20.8 Å². The van der Waals surface area contributed by atoms with Gasteiger partial charge in [0.15, 0.2) is 5.96 Å². The summed E-state index contributed by atoms with van der Waals surface area (Å²) in [6, 6.07) is 6.40. The van der Waals surface area contributed by atoms with Crippen LogP contribution >= 0.6 is 11.8 Å². The minimum atomic E-state index is -0.402. The number of benzene rings is 1. The van der Waals surface area contributed by atoms with Crippen LogP contribution < -0.4 is 16.0 Å². The van der Waals surface area contributed by atoms with E-state index >= 15 is 0 Å². The fourth-order valence-corrected chi connectivity index (χ4v) is 1.96. The van der Waals surface area contributed by atoms with E-state index in [1.54, 1.807) is 23.9 Å². The van der Waals surface area contributed by atoms with Gasteiger partial charge in [0.1, 0.15) is 0 Å². The van der Waals surface area contributed by atoms with Crippen molar-refractivity contribution in [3.63, 3.8) is 0 Å². The summed E-state index contributed by atoms with van der Waals surface area (Å²) in [5.74, 6) is 0.796. The zero-order valence-corrected chi connectivity index (χ0v) is 15.6. The maximum absolute atomic E-state index is 10.6. The molecule has 1 aromatic carbocycles. The van der Waals surface area contributed by atoms with Crippen molar-refractivity contribution in [1.82, 2.24) is 10.6 Å². The zero-order chi connectivity index (χ0) is 18.0. The Morgan fingerprint density at radius 2 is 1.92 bits per heavy atom. The standard InChI is InChI=1S/C16H27N5O2S/c1-5-17-15(20-12-16(2,3)24-4)19-11-10-18-13-6-8-14(9-7-13)21(22)23/h6-9,18H,5,10-12H2,1-4H3,(H2,17,19,20). The summed E-state index contributed by atoms with van der Waals surface area (Å²) in [6.07, 6.45) is 2.09. The summed E-state index contributed by atoms with van der Waals surface area (Å²) in [5.41, 5.74) is 0.949. The first-order chi connectivity index (χ1) is 11.4. The van der Waals surface area contributed by atoms with Crippen LogP contribution in [0, 0.1) is 10.1 Å². The first-order valence-corrected chi connectivity index (χ1v) is 9.16. The molecule has 134 valence electrons. The molecule has 0 bridgehead atoms. The molecule has 0 aliphatic carbocycles. The molecular weight excluding hydrogens is 326 g/mol. The molecule has 0 spiro atoms. The summed E-state index contributed by atoms with van der Waals surface area (Å²) in [4.78, 5) is 14.8. The largest absolute Gasteiger partial charge is 0.383 e. The van der Waals surface area contributed by atoms with Gasteiger partial charge in [-0.15, -0.1) is 0 Å². The van der Waals surface area contributed by atoms with Gasteiger partial charge in [0.05, 0.1) is 11.5 Å². The van der Waals surface area contributed by atoms with E-state index in [0.717, 1.165) is 24.7 Å². The Morgan fingerprint density at radius 1 is 1.25 bits per heavy atom. The lowest BCUT2D eigenvalue weighted by molar-refractivity contribution is -0.384. The number of hydrogen-bond acceptors (Lipinski definition) is 5. The van der Waals surface area contributed by atoms with Crippen molar-refractivity contribution in [2.45, 2.75) is 25.5 Å². The Balaban J connectivity index is 2.42. The number of aliphatic imine (C=N–C) groups is 1. The summed E-state index contributed by atoms with van der Waals surface area (Å²) in [5, 5.41) is 20.3. The first-order valence-electron chi connectivity index (χ1n) is 7.93. The van der Waals surface area contributed by atoms with Crippen molar-refractivity contribution in [2.24, 2.45) is 4.99 Å². The molecule has 0 aromatic heterocycles. The van der Waals surface area contributed by atoms with Crippen molar-refractivity contribution >= 4 is 29.1 Å². The zero-order valence-electron chi connectivity index (χ0n) is 14.8. The minimum Gasteiger partial charge on any atom is -0.383 e. The molecule has 7 nitrogen and oxygen atoms in total. The summed E-state index contributed by atoms with van der Waals surface area (Å²) in [7, 11) is 0. The number of nitro groups is 1. The Bertz CT molecular complexity index is 546. The number of nitro benzene ring substituents is 1. The van der Waals surface area contributed by atoms with E-state index in [0.29, 0.717) is 13.1 Å². The Kier molecular flexibility index (Phi) is 8.39. The molecule has 8 heteroatoms. The number of non-ortho nitro benzene ring substituents is 1. The quantitative estimate of drug-likeness (QED) is 0.208. The van der Waals surface area contributed by atoms with Gasteiger partial charge >= 0.3 is 0 Å². The average molecular weight is 353 g/mol. The highest BCUT2D eigenvalue weighted by Gasteiger charge is 2.15. The fraction of sp³-hybridized carbons (Fsp3) is 0.562. The topological polar surface area (TPSA) is 91.6 Å². The van der Waals surface area contributed by atoms with E-state index in [9.17, 15) is 10.1 Å². The van der Waals surface area contributed by atoms with Gasteiger partial charge in [-0.3, -0.25) is 15.1 Å². The molecule has 0 aliphatic rings. The van der Waals surface area contributed by atoms with E-state index in [1.165, 1.54) is 12.1 Å². The lowest BCUT2D eigenvalue weighted by atomic mass is 10.2. The third kappa shape index (κ3) is 7.54. The molecule has 1 rings (SSSR count). The molecule has 0 fully saturated rings. The van der Waals surface area contributed by atoms with E-state index < -0.39 is 4.92 Å². The smallest absolute Gasteiger partial charge is 0.269 e. The Hall–Kier alpha value is -1.96. The number of rotatable bonds is 9. The number of anilines is 1. The molecule has 0 saturated heterocycles. The average Bonchev–Trinajstić information content (AvgIpc) is 2.57. The highest BCUT2D eigenvalue weighted by atomic mass is 32.2. The van der Waals surface area contributed by atoms with Gasteiger partial charge in [-0.05, 0) is 39.2 Å². The first kappa shape index (κ1) is 20.1. The van der Waals surface area contributed by atoms with Crippen molar-refractivity contribution in [1.29, 1.82) is 0 Å². The van der Waals surface area contributed by atoms with Crippen molar-refractivity contribution < 1.29 is 4.92 Å². The monoisotopic (exact) mass is 353 g/mol. The number of hydrogen-bond donors (Lipinski definition) is 3. The van der Waals surface area contributed by atoms with Crippen LogP contribution in [-0.2, 0) is 0 Å². The molecule has 24 heavy (non-hydrogen) atoms. The van der Waals surface area contributed by atoms with Crippen LogP contribution in [0.2, 0.25) is 0 Å². The third-order valence-electron chi connectivity index (χ3n) is 3.34. The van der Waals surface area contributed by atoms with E-state index in [1.807, 2.05) is 6.92 Å². The van der Waals surface area contributed by atoms with Gasteiger partial charge in [-0.1, -0.05) is 0 Å². The maximum Gasteiger partial charge on any atom is 0.269 e. The third-order valence-corrected chi connectivity index (χ3v) is 4.57. The van der Waals surface area contributed by atoms with Crippen LogP contribution in [0.4, 0.5) is 11.4 Å². The van der Waals surface area contributed by atoms with Gasteiger partial charge in [0.2, 0.25) is 0 Å². The van der Waals surface area contributed by atoms with Crippen molar-refractivity contribution in [2.75, 3.05) is 37.8 Å². The second kappa shape index (κ2) is 10.0. The van der Waals surface area contributed by atoms with E-state index in [-0.39, 0.29) is 10.4 Å². The molecule has 0 atom stereocenters. The normalized spacial score (nSPS) is 11.9. The SMILES string of the molecule is CCNC(=NCC(C)(C)SC)NCCNc1ccc([N+](=O)[O-])cc1. The van der Waals surface area contributed by atoms with Crippen LogP contribution in [0.25, 0.3) is 0 Å². The number of thioether (sulfide) groups is 1. The molecule has 0 unspecified atom stereocenters. The van der Waals surface area contributed by atoms with Crippen LogP contribution in [0.15, 0.2) is 29.3 Å². The molecular formula is C16H27N5O2S. The Morgan fingerprint density at radius 3 is 2.46 bits per heavy atom. The molecule has 0 aliphatic heterocycles. The highest BCUT2D eigenvalue weighted by molar-refractivity contribution is 7.99. The van der Waals surface area contributed by atoms with Crippen molar-refractivity contribution in [3.05, 3.63) is 34.4 Å². The lowest BCUT2D eigenvalue weighted by Gasteiger charge is -2.20. The number of nitrogens with zero attached hydrogens (tertiary/aromatic N) is 2. The second-order valence-corrected chi connectivity index (χ2v) is 7.33. The van der Waals surface area contributed by atoms with E-state index in [2.05, 4.69) is 41.0 Å². The summed E-state index contributed by atoms with van der Waals surface area (Å²) >= 11 is 1.79. The minimum absolute atomic E-state index is 0.0941. The molecule has 0 radical (unpaired) electrons. The predicted octanol–water partition coefficient (Wildman–Crippen LogP) is 2.70. The van der Waals surface area contributed by atoms with Gasteiger partial charge in [0.25, 0.3) is 5.69 Å². The highest BCUT2D eigenvalue weighted by Crippen LogP contribution is 2.20. The molecule has 0 amide bonds. The predicted molar refractivity (Wildman–Crippen MR) is 103 cm³/mol. The second-order valence-electron chi connectivity index (χ2n) is 5.82. The van der Waals surface area contributed by atoms with E-state index in [4.69, 9.17) is 0 Å². The van der Waals surface area contributed by atoms with Gasteiger partial charge in [0, 0.05) is 42.2 Å². The molecule has 0 saturated carbocycles. The lowest BCUT2D eigenvalue weighted by Crippen LogP contribution is -2.40. The maximum atomic E-state index is 10.6. The van der Waals surface area contributed by atoms with Gasteiger partial charge < -0.3 is 16.0 Å². The van der Waals surface area contributed by atoms with Crippen LogP contribution in [0.5, 0.6) is 0 Å². The summed E-state index contributed by atoms with van der Waals surface area (Å²) in [6.45, 7) is 9.30. The summed E-state index contributed by atoms with van der Waals surface area (Å²) < 4.78 is 0.110. The van der Waals surface area contributed by atoms with Gasteiger partial charge in [-0.2, -0.15) is 11.8 Å². The Labute approximate surface area is 147 Å². The van der Waals surface area contributed by atoms with Gasteiger partial charge in [-0.25, -0.2) is 0 Å². The number of nitrogens with one attached hydrogen (secondary N) is 3. The fourth-order valence-electron chi connectivity index (χ4n) is 1.76. The number of guanidine groups is 1. The van der Waals surface area contributed by atoms with Crippen LogP contribution in [-0.4, -0.2) is 48.1 Å². The van der Waals surface area contributed by atoms with Crippen LogP contribution in [0.3, 0.4) is 0 Å². The van der Waals surface area contributed by atoms with Crippen molar-refractivity contribution in [3.8, 4) is 0 Å².